The fourth-order valence-electron chi connectivity index (χ4n) is 2.44. The normalized spacial score (nSPS) is 18.1. The van der Waals surface area contributed by atoms with Gasteiger partial charge in [0.05, 0.1) is 17.6 Å². The number of aromatic nitrogens is 1. The molecule has 0 bridgehead atoms. The second-order valence-electron chi connectivity index (χ2n) is 5.04. The summed E-state index contributed by atoms with van der Waals surface area (Å²) in [5.41, 5.74) is 7.67. The standard InChI is InChI=1S/C13H21N3/c1-10(2)11-3-5-16(6-4-11)13-7-12(14)8-15-9-13/h7-11H,3-6,14H2,1-2H3. The molecule has 1 aromatic heterocycles. The summed E-state index contributed by atoms with van der Waals surface area (Å²) in [7, 11) is 0. The minimum Gasteiger partial charge on any atom is -0.397 e. The maximum Gasteiger partial charge on any atom is 0.0573 e. The van der Waals surface area contributed by atoms with Crippen molar-refractivity contribution in [3.63, 3.8) is 0 Å². The van der Waals surface area contributed by atoms with Crippen LogP contribution >= 0.6 is 0 Å². The SMILES string of the molecule is CC(C)C1CCN(c2cncc(N)c2)CC1. The van der Waals surface area contributed by atoms with Crippen LogP contribution in [0.5, 0.6) is 0 Å². The van der Waals surface area contributed by atoms with E-state index in [0.29, 0.717) is 0 Å². The van der Waals surface area contributed by atoms with Crippen LogP contribution in [0.25, 0.3) is 0 Å². The highest BCUT2D eigenvalue weighted by atomic mass is 15.1. The molecule has 3 heteroatoms. The highest BCUT2D eigenvalue weighted by Gasteiger charge is 2.21. The molecule has 2 N–H and O–H groups in total. The fourth-order valence-corrected chi connectivity index (χ4v) is 2.44. The number of hydrogen-bond acceptors (Lipinski definition) is 3. The van der Waals surface area contributed by atoms with Gasteiger partial charge >= 0.3 is 0 Å². The lowest BCUT2D eigenvalue weighted by atomic mass is 9.86. The lowest BCUT2D eigenvalue weighted by molar-refractivity contribution is 0.311. The van der Waals surface area contributed by atoms with E-state index >= 15 is 0 Å². The van der Waals surface area contributed by atoms with Crippen LogP contribution in [0, 0.1) is 11.8 Å². The molecule has 3 nitrogen and oxygen atoms in total. The van der Waals surface area contributed by atoms with Gasteiger partial charge in [-0.2, -0.15) is 0 Å². The van der Waals surface area contributed by atoms with Crippen molar-refractivity contribution in [1.82, 2.24) is 4.98 Å². The van der Waals surface area contributed by atoms with Gasteiger partial charge in [-0.25, -0.2) is 0 Å². The lowest BCUT2D eigenvalue weighted by Gasteiger charge is -2.35. The van der Waals surface area contributed by atoms with Crippen LogP contribution in [0.4, 0.5) is 11.4 Å². The number of nitrogens with zero attached hydrogens (tertiary/aromatic N) is 2. The maximum atomic E-state index is 5.75. The Kier molecular flexibility index (Phi) is 3.32. The van der Waals surface area contributed by atoms with E-state index in [0.717, 1.165) is 30.6 Å². The maximum absolute atomic E-state index is 5.75. The van der Waals surface area contributed by atoms with Crippen molar-refractivity contribution in [3.8, 4) is 0 Å². The van der Waals surface area contributed by atoms with E-state index in [4.69, 9.17) is 5.73 Å². The van der Waals surface area contributed by atoms with Gasteiger partial charge < -0.3 is 10.6 Å². The second-order valence-corrected chi connectivity index (χ2v) is 5.04. The lowest BCUT2D eigenvalue weighted by Crippen LogP contribution is -2.35. The molecular formula is C13H21N3. The molecule has 2 rings (SSSR count). The van der Waals surface area contributed by atoms with Gasteiger partial charge in [0.1, 0.15) is 0 Å². The van der Waals surface area contributed by atoms with Crippen molar-refractivity contribution in [2.24, 2.45) is 11.8 Å². The van der Waals surface area contributed by atoms with Crippen LogP contribution in [0.15, 0.2) is 18.5 Å². The van der Waals surface area contributed by atoms with E-state index in [1.165, 1.54) is 18.5 Å². The Morgan fingerprint density at radius 2 is 2.00 bits per heavy atom. The number of rotatable bonds is 2. The first-order chi connectivity index (χ1) is 7.66. The van der Waals surface area contributed by atoms with Crippen LogP contribution < -0.4 is 10.6 Å². The average molecular weight is 219 g/mol. The first-order valence-corrected chi connectivity index (χ1v) is 6.12. The third kappa shape index (κ3) is 2.46. The summed E-state index contributed by atoms with van der Waals surface area (Å²) >= 11 is 0. The van der Waals surface area contributed by atoms with Crippen molar-refractivity contribution in [2.75, 3.05) is 23.7 Å². The van der Waals surface area contributed by atoms with E-state index in [1.807, 2.05) is 12.3 Å². The fraction of sp³-hybridized carbons (Fsp3) is 0.615. The second kappa shape index (κ2) is 4.73. The van der Waals surface area contributed by atoms with Gasteiger partial charge in [0.2, 0.25) is 0 Å². The summed E-state index contributed by atoms with van der Waals surface area (Å²) in [6.07, 6.45) is 6.18. The number of pyridine rings is 1. The summed E-state index contributed by atoms with van der Waals surface area (Å²) in [6.45, 7) is 6.91. The molecule has 1 aliphatic rings. The number of nitrogens with two attached hydrogens (primary N) is 1. The average Bonchev–Trinajstić information content (AvgIpc) is 2.29. The van der Waals surface area contributed by atoms with Gasteiger partial charge in [0, 0.05) is 19.3 Å². The van der Waals surface area contributed by atoms with Crippen molar-refractivity contribution in [3.05, 3.63) is 18.5 Å². The third-order valence-electron chi connectivity index (χ3n) is 3.59. The molecule has 0 aromatic carbocycles. The zero-order valence-corrected chi connectivity index (χ0v) is 10.2. The Morgan fingerprint density at radius 1 is 1.31 bits per heavy atom. The quantitative estimate of drug-likeness (QED) is 0.831. The summed E-state index contributed by atoms with van der Waals surface area (Å²) in [5, 5.41) is 0. The first kappa shape index (κ1) is 11.2. The number of nitrogen functional groups attached to an aromatic ring is 1. The van der Waals surface area contributed by atoms with E-state index in [-0.39, 0.29) is 0 Å². The van der Waals surface area contributed by atoms with Crippen LogP contribution in [0.1, 0.15) is 26.7 Å². The number of anilines is 2. The van der Waals surface area contributed by atoms with Crippen LogP contribution in [0.3, 0.4) is 0 Å². The third-order valence-corrected chi connectivity index (χ3v) is 3.59. The molecule has 2 heterocycles. The van der Waals surface area contributed by atoms with Gasteiger partial charge in [0.15, 0.2) is 0 Å². The molecule has 1 aromatic rings. The molecule has 0 amide bonds. The largest absolute Gasteiger partial charge is 0.397 e. The van der Waals surface area contributed by atoms with Crippen molar-refractivity contribution in [1.29, 1.82) is 0 Å². The summed E-state index contributed by atoms with van der Waals surface area (Å²) in [6, 6.07) is 2.02. The van der Waals surface area contributed by atoms with E-state index in [1.54, 1.807) is 6.20 Å². The Hall–Kier alpha value is -1.25. The molecule has 0 atom stereocenters. The Bertz CT molecular complexity index is 341. The highest BCUT2D eigenvalue weighted by Crippen LogP contribution is 2.27. The van der Waals surface area contributed by atoms with Gasteiger partial charge in [-0.3, -0.25) is 4.98 Å². The molecule has 1 aliphatic heterocycles. The van der Waals surface area contributed by atoms with Gasteiger partial charge in [-0.05, 0) is 30.7 Å². The Morgan fingerprint density at radius 3 is 2.56 bits per heavy atom. The zero-order valence-electron chi connectivity index (χ0n) is 10.2. The predicted molar refractivity (Wildman–Crippen MR) is 68.4 cm³/mol. The molecule has 16 heavy (non-hydrogen) atoms. The summed E-state index contributed by atoms with van der Waals surface area (Å²) in [4.78, 5) is 6.54. The zero-order chi connectivity index (χ0) is 11.5. The molecule has 0 radical (unpaired) electrons. The van der Waals surface area contributed by atoms with Crippen molar-refractivity contribution in [2.45, 2.75) is 26.7 Å². The van der Waals surface area contributed by atoms with E-state index < -0.39 is 0 Å². The minimum atomic E-state index is 0.753. The van der Waals surface area contributed by atoms with Crippen LogP contribution in [0.2, 0.25) is 0 Å². The van der Waals surface area contributed by atoms with E-state index in [9.17, 15) is 0 Å². The Labute approximate surface area is 97.7 Å². The molecule has 0 spiro atoms. The van der Waals surface area contributed by atoms with Crippen LogP contribution in [-0.2, 0) is 0 Å². The topological polar surface area (TPSA) is 42.2 Å². The summed E-state index contributed by atoms with van der Waals surface area (Å²) in [5.74, 6) is 1.69. The van der Waals surface area contributed by atoms with E-state index in [2.05, 4.69) is 23.7 Å². The molecule has 0 aliphatic carbocycles. The molecule has 1 fully saturated rings. The smallest absolute Gasteiger partial charge is 0.0573 e. The van der Waals surface area contributed by atoms with Crippen molar-refractivity contribution >= 4 is 11.4 Å². The monoisotopic (exact) mass is 219 g/mol. The molecular weight excluding hydrogens is 198 g/mol. The van der Waals surface area contributed by atoms with Gasteiger partial charge in [0.25, 0.3) is 0 Å². The minimum absolute atomic E-state index is 0.753. The Balaban J connectivity index is 1.99. The van der Waals surface area contributed by atoms with Crippen molar-refractivity contribution < 1.29 is 0 Å². The van der Waals surface area contributed by atoms with Gasteiger partial charge in [-0.15, -0.1) is 0 Å². The molecule has 88 valence electrons. The molecule has 1 saturated heterocycles. The molecule has 0 unspecified atom stereocenters. The molecule has 0 saturated carbocycles. The summed E-state index contributed by atoms with van der Waals surface area (Å²) < 4.78 is 0. The number of hydrogen-bond donors (Lipinski definition) is 1. The number of piperidine rings is 1. The van der Waals surface area contributed by atoms with Gasteiger partial charge in [-0.1, -0.05) is 13.8 Å². The van der Waals surface area contributed by atoms with Crippen LogP contribution in [-0.4, -0.2) is 18.1 Å². The first-order valence-electron chi connectivity index (χ1n) is 6.12. The highest BCUT2D eigenvalue weighted by molar-refractivity contribution is 5.53. The predicted octanol–water partition coefficient (Wildman–Crippen LogP) is 2.54.